The van der Waals surface area contributed by atoms with Gasteiger partial charge in [-0.15, -0.1) is 0 Å². The van der Waals surface area contributed by atoms with Crippen LogP contribution >= 0.6 is 0 Å². The summed E-state index contributed by atoms with van der Waals surface area (Å²) in [6.07, 6.45) is -15.9. The first-order valence-electron chi connectivity index (χ1n) is 19.6. The molecule has 3 aliphatic heterocycles. The summed E-state index contributed by atoms with van der Waals surface area (Å²) in [7, 11) is 0. The molecular formula is C27H41FN4O4. The molecule has 0 spiro atoms. The number of hydrogen-bond acceptors (Lipinski definition) is 5. The molecule has 200 valence electrons. The van der Waals surface area contributed by atoms with Gasteiger partial charge in [-0.2, -0.15) is 0 Å². The lowest BCUT2D eigenvalue weighted by Crippen LogP contribution is -2.49. The van der Waals surface area contributed by atoms with Crippen molar-refractivity contribution in [3.63, 3.8) is 0 Å². The van der Waals surface area contributed by atoms with E-state index < -0.39 is 104 Å². The first kappa shape index (κ1) is 12.8. The van der Waals surface area contributed by atoms with Gasteiger partial charge in [-0.1, -0.05) is 0 Å². The molecule has 0 radical (unpaired) electrons. The number of rotatable bonds is 4. The third-order valence-electron chi connectivity index (χ3n) is 5.15. The van der Waals surface area contributed by atoms with Crippen LogP contribution in [0.3, 0.4) is 0 Å². The van der Waals surface area contributed by atoms with Crippen molar-refractivity contribution in [1.82, 2.24) is 9.80 Å². The number of ether oxygens (including phenoxy) is 2. The second-order valence-corrected chi connectivity index (χ2v) is 9.03. The average molecular weight is 521 g/mol. The molecule has 1 aromatic carbocycles. The number of likely N-dealkylation sites (tertiary alicyclic amines) is 2. The predicted octanol–water partition coefficient (Wildman–Crippen LogP) is 4.72. The Hall–Kier alpha value is -2.55. The molecule has 1 unspecified atom stereocenters. The van der Waals surface area contributed by atoms with E-state index in [0.29, 0.717) is 6.07 Å². The minimum atomic E-state index is -4.45. The number of carbonyl (C=O) groups is 2. The fraction of sp³-hybridized carbons (Fsp3) is 0.704. The summed E-state index contributed by atoms with van der Waals surface area (Å²) in [5.41, 5.74) is -2.42. The van der Waals surface area contributed by atoms with Gasteiger partial charge in [-0.25, -0.2) is 14.0 Å². The summed E-state index contributed by atoms with van der Waals surface area (Å²) in [5, 5.41) is 0. The van der Waals surface area contributed by atoms with Crippen LogP contribution in [-0.4, -0.2) is 86.4 Å². The summed E-state index contributed by atoms with van der Waals surface area (Å²) in [6.45, 7) is -12.0. The van der Waals surface area contributed by atoms with Crippen LogP contribution in [0.25, 0.3) is 0 Å². The van der Waals surface area contributed by atoms with E-state index in [1.165, 1.54) is 25.7 Å². The Morgan fingerprint density at radius 2 is 1.92 bits per heavy atom. The number of amides is 3. The third kappa shape index (κ3) is 6.81. The molecule has 1 atom stereocenters. The SMILES string of the molecule is [2H]C1CCN(C(=O)N(c2ccc(N3CCOCC3)c(F)c2)C([2H])([2H])C2([2H])C([2H])([2H])C([2H])([2H])N(C(=O)OC(C)(C)C)C([2H])([2H])C2([2H])[2H])C([2H])([2H])C1([2H])[2H]. The Morgan fingerprint density at radius 3 is 2.58 bits per heavy atom. The Morgan fingerprint density at radius 1 is 1.19 bits per heavy atom. The topological polar surface area (TPSA) is 65.6 Å². The largest absolute Gasteiger partial charge is 0.444 e. The molecule has 9 heteroatoms. The van der Waals surface area contributed by atoms with Gasteiger partial charge < -0.3 is 24.2 Å². The van der Waals surface area contributed by atoms with Gasteiger partial charge in [0.1, 0.15) is 11.4 Å². The Bertz CT molecular complexity index is 1540. The van der Waals surface area contributed by atoms with Gasteiger partial charge >= 0.3 is 12.1 Å². The molecule has 1 aromatic rings. The van der Waals surface area contributed by atoms with Crippen molar-refractivity contribution in [3.8, 4) is 0 Å². The number of nitrogens with zero attached hydrogens (tertiary/aromatic N) is 4. The maximum Gasteiger partial charge on any atom is 0.410 e. The highest BCUT2D eigenvalue weighted by Crippen LogP contribution is 2.29. The van der Waals surface area contributed by atoms with Crippen molar-refractivity contribution >= 4 is 23.5 Å². The molecule has 8 nitrogen and oxygen atoms in total. The second-order valence-electron chi connectivity index (χ2n) is 9.03. The van der Waals surface area contributed by atoms with Crippen LogP contribution in [0.2, 0.25) is 0 Å². The molecule has 0 N–H and O–H groups in total. The summed E-state index contributed by atoms with van der Waals surface area (Å²) in [6, 6.07) is 0.631. The van der Waals surface area contributed by atoms with Gasteiger partial charge in [0.2, 0.25) is 0 Å². The van der Waals surface area contributed by atoms with Gasteiger partial charge in [0.25, 0.3) is 0 Å². The summed E-state index contributed by atoms with van der Waals surface area (Å²) in [5.74, 6) is -5.57. The number of morpholine rings is 1. The van der Waals surface area contributed by atoms with Crippen LogP contribution in [-0.2, 0) is 9.47 Å². The van der Waals surface area contributed by atoms with Gasteiger partial charge in [0.15, 0.2) is 0 Å². The fourth-order valence-corrected chi connectivity index (χ4v) is 3.48. The van der Waals surface area contributed by atoms with E-state index in [0.717, 1.165) is 12.1 Å². The monoisotopic (exact) mass is 520 g/mol. The molecule has 0 aliphatic carbocycles. The van der Waals surface area contributed by atoms with Gasteiger partial charge in [0, 0.05) is 70.5 Å². The number of urea groups is 1. The van der Waals surface area contributed by atoms with E-state index in [9.17, 15) is 13.7 Å². The molecule has 0 aromatic heterocycles. The average Bonchev–Trinajstić information content (AvgIpc) is 2.98. The standard InChI is InChI=1S/C27H41FN4O4/c1-27(2,3)36-26(34)31-13-9-21(10-14-31)20-32(25(33)30-11-5-4-6-12-30)22-7-8-24(23(28)19-22)29-15-17-35-18-16-29/h7-8,19,21H,4-6,9-18,20H2,1-3H3/i4D,5D2,9D2,10D2,11D2,13D2,14D2,20D2,21D. The molecule has 3 aliphatic rings. The Kier molecular flexibility index (Phi) is 4.15. The third-order valence-corrected chi connectivity index (χ3v) is 5.15. The van der Waals surface area contributed by atoms with E-state index in [-0.39, 0.29) is 41.8 Å². The summed E-state index contributed by atoms with van der Waals surface area (Å²) < 4.78 is 166. The van der Waals surface area contributed by atoms with E-state index in [1.54, 1.807) is 0 Å². The maximum atomic E-state index is 15.9. The zero-order valence-corrected chi connectivity index (χ0v) is 20.4. The number of carbonyl (C=O) groups excluding carboxylic acids is 2. The summed E-state index contributed by atoms with van der Waals surface area (Å²) >= 11 is 0. The molecular weight excluding hydrogens is 463 g/mol. The lowest BCUT2D eigenvalue weighted by molar-refractivity contribution is 0.0186. The van der Waals surface area contributed by atoms with Crippen LogP contribution in [0.4, 0.5) is 25.4 Å². The van der Waals surface area contributed by atoms with Crippen molar-refractivity contribution in [2.24, 2.45) is 5.89 Å². The number of benzene rings is 1. The van der Waals surface area contributed by atoms with Crippen molar-refractivity contribution in [2.75, 3.05) is 68.6 Å². The van der Waals surface area contributed by atoms with Crippen LogP contribution < -0.4 is 9.80 Å². The molecule has 4 rings (SSSR count). The van der Waals surface area contributed by atoms with Crippen molar-refractivity contribution < 1.29 is 45.4 Å². The molecule has 3 saturated heterocycles. The highest BCUT2D eigenvalue weighted by molar-refractivity contribution is 5.92. The number of halogens is 1. The van der Waals surface area contributed by atoms with Crippen LogP contribution in [0.5, 0.6) is 0 Å². The quantitative estimate of drug-likeness (QED) is 0.575. The van der Waals surface area contributed by atoms with E-state index in [1.807, 2.05) is 0 Å². The van der Waals surface area contributed by atoms with Crippen LogP contribution in [0.1, 0.15) is 74.6 Å². The lowest BCUT2D eigenvalue weighted by Gasteiger charge is -2.38. The molecule has 36 heavy (non-hydrogen) atoms. The maximum absolute atomic E-state index is 15.9. The first-order chi connectivity index (χ1) is 23.3. The van der Waals surface area contributed by atoms with E-state index >= 15 is 4.39 Å². The number of anilines is 2. The first-order valence-corrected chi connectivity index (χ1v) is 11.5. The van der Waals surface area contributed by atoms with E-state index in [2.05, 4.69) is 0 Å². The molecule has 3 amide bonds. The minimum Gasteiger partial charge on any atom is -0.444 e. The predicted molar refractivity (Wildman–Crippen MR) is 138 cm³/mol. The van der Waals surface area contributed by atoms with Crippen molar-refractivity contribution in [2.45, 2.75) is 58.3 Å². The molecule has 3 fully saturated rings. The second kappa shape index (κ2) is 11.7. The highest BCUT2D eigenvalue weighted by Gasteiger charge is 2.31. The minimum absolute atomic E-state index is 0.0775. The van der Waals surface area contributed by atoms with Crippen molar-refractivity contribution in [1.29, 1.82) is 0 Å². The zero-order chi connectivity index (χ0) is 40.1. The van der Waals surface area contributed by atoms with E-state index in [4.69, 9.17) is 27.3 Å². The molecule has 0 saturated carbocycles. The van der Waals surface area contributed by atoms with Gasteiger partial charge in [-0.05, 0) is 76.8 Å². The number of piperidine rings is 2. The van der Waals surface area contributed by atoms with Gasteiger partial charge in [-0.3, -0.25) is 4.90 Å². The summed E-state index contributed by atoms with van der Waals surface area (Å²) in [4.78, 5) is 28.6. The van der Waals surface area contributed by atoms with Crippen LogP contribution in [0, 0.1) is 11.7 Å². The Labute approximate surface area is 236 Å². The smallest absolute Gasteiger partial charge is 0.410 e. The van der Waals surface area contributed by atoms with Crippen molar-refractivity contribution in [3.05, 3.63) is 24.0 Å². The lowest BCUT2D eigenvalue weighted by atomic mass is 9.96. The normalized spacial score (nSPS) is 38.1. The highest BCUT2D eigenvalue weighted by atomic mass is 19.1. The molecule has 3 heterocycles. The fourth-order valence-electron chi connectivity index (χ4n) is 3.48. The zero-order valence-electron chi connectivity index (χ0n) is 36.4. The van der Waals surface area contributed by atoms with Crippen LogP contribution in [0.15, 0.2) is 18.2 Å². The van der Waals surface area contributed by atoms with Gasteiger partial charge in [0.05, 0.1) is 21.6 Å². The Balaban J connectivity index is 2.01. The number of hydrogen-bond donors (Lipinski definition) is 0. The molecule has 0 bridgehead atoms.